The number of hydroxylamine groups is 2. The normalized spacial score (nSPS) is 25.0. The van der Waals surface area contributed by atoms with Crippen LogP contribution in [0.2, 0.25) is 0 Å². The first-order chi connectivity index (χ1) is 17.6. The van der Waals surface area contributed by atoms with Gasteiger partial charge in [0, 0.05) is 13.1 Å². The number of ether oxygens (including phenoxy) is 1. The van der Waals surface area contributed by atoms with Crippen LogP contribution in [0, 0.1) is 0 Å². The van der Waals surface area contributed by atoms with Crippen LogP contribution in [0.4, 0.5) is 0 Å². The van der Waals surface area contributed by atoms with Gasteiger partial charge >= 0.3 is 7.82 Å². The van der Waals surface area contributed by atoms with Crippen LogP contribution < -0.4 is 0 Å². The summed E-state index contributed by atoms with van der Waals surface area (Å²) in [4.78, 5) is 12.3. The molecule has 37 heavy (non-hydrogen) atoms. The predicted octanol–water partition coefficient (Wildman–Crippen LogP) is 7.24. The van der Waals surface area contributed by atoms with Crippen molar-refractivity contribution in [2.75, 3.05) is 33.4 Å². The van der Waals surface area contributed by atoms with Gasteiger partial charge in [-0.15, -0.1) is 10.3 Å². The van der Waals surface area contributed by atoms with Gasteiger partial charge in [-0.2, -0.15) is 0 Å². The van der Waals surface area contributed by atoms with Crippen molar-refractivity contribution < 1.29 is 28.5 Å². The van der Waals surface area contributed by atoms with Crippen molar-refractivity contribution in [3.8, 4) is 0 Å². The highest BCUT2D eigenvalue weighted by molar-refractivity contribution is 7.47. The van der Waals surface area contributed by atoms with Gasteiger partial charge in [0.2, 0.25) is 0 Å². The first-order valence-electron chi connectivity index (χ1n) is 15.1. The summed E-state index contributed by atoms with van der Waals surface area (Å²) in [6, 6.07) is 0. The number of nitrogens with zero attached hydrogens (tertiary/aromatic N) is 2. The zero-order valence-corrected chi connectivity index (χ0v) is 25.2. The molecule has 9 heteroatoms. The minimum absolute atomic E-state index is 0.136. The Bertz CT molecular complexity index is 659. The van der Waals surface area contributed by atoms with Crippen molar-refractivity contribution >= 4 is 7.82 Å². The van der Waals surface area contributed by atoms with E-state index >= 15 is 0 Å². The van der Waals surface area contributed by atoms with Gasteiger partial charge < -0.3 is 14.5 Å². The number of unbranched alkanes of at least 4 members (excludes halogenated alkanes) is 11. The second-order valence-corrected chi connectivity index (χ2v) is 13.4. The van der Waals surface area contributed by atoms with Gasteiger partial charge in [0.15, 0.2) is 0 Å². The highest BCUT2D eigenvalue weighted by Gasteiger charge is 2.51. The maximum atomic E-state index is 13.2. The van der Waals surface area contributed by atoms with Gasteiger partial charge in [0.05, 0.1) is 24.9 Å². The van der Waals surface area contributed by atoms with Crippen LogP contribution in [0.3, 0.4) is 0 Å². The van der Waals surface area contributed by atoms with Crippen LogP contribution in [0.5, 0.6) is 0 Å². The lowest BCUT2D eigenvalue weighted by molar-refractivity contribution is -0.296. The zero-order chi connectivity index (χ0) is 27.2. The molecule has 2 saturated heterocycles. The van der Waals surface area contributed by atoms with Crippen molar-refractivity contribution in [1.29, 1.82) is 0 Å². The summed E-state index contributed by atoms with van der Waals surface area (Å²) in [6.07, 6.45) is 17.9. The Hall–Kier alpha value is -0.0500. The van der Waals surface area contributed by atoms with Crippen molar-refractivity contribution in [2.45, 2.75) is 147 Å². The van der Waals surface area contributed by atoms with Gasteiger partial charge in [-0.25, -0.2) is 4.57 Å². The number of rotatable bonds is 20. The lowest BCUT2D eigenvalue weighted by Crippen LogP contribution is -2.49. The maximum absolute atomic E-state index is 13.2. The van der Waals surface area contributed by atoms with Gasteiger partial charge in [0.1, 0.15) is 5.72 Å². The molecule has 2 heterocycles. The molecule has 0 aromatic heterocycles. The number of hydrogen-bond acceptors (Lipinski definition) is 6. The third-order valence-corrected chi connectivity index (χ3v) is 9.02. The third kappa shape index (κ3) is 12.3. The summed E-state index contributed by atoms with van der Waals surface area (Å²) in [5.74, 6) is 0. The molecule has 2 aliphatic heterocycles. The molecule has 2 rings (SSSR count). The van der Waals surface area contributed by atoms with Gasteiger partial charge in [-0.1, -0.05) is 71.1 Å². The number of hydrogen-bond donors (Lipinski definition) is 1. The molecule has 0 aromatic carbocycles. The molecule has 1 N–H and O–H groups in total. The molecule has 2 unspecified atom stereocenters. The van der Waals surface area contributed by atoms with Crippen LogP contribution >= 0.6 is 7.82 Å². The average Bonchev–Trinajstić information content (AvgIpc) is 3.07. The van der Waals surface area contributed by atoms with E-state index in [2.05, 4.69) is 11.8 Å². The molecular weight excluding hydrogens is 491 g/mol. The largest absolute Gasteiger partial charge is 0.472 e. The molecule has 1 radical (unpaired) electrons. The quantitative estimate of drug-likeness (QED) is 0.127. The highest BCUT2D eigenvalue weighted by atomic mass is 31.2. The summed E-state index contributed by atoms with van der Waals surface area (Å²) in [6.45, 7) is 8.41. The molecule has 219 valence electrons. The summed E-state index contributed by atoms with van der Waals surface area (Å²) < 4.78 is 29.1. The van der Waals surface area contributed by atoms with Crippen LogP contribution in [-0.4, -0.2) is 65.6 Å². The van der Waals surface area contributed by atoms with Crippen molar-refractivity contribution in [2.24, 2.45) is 0 Å². The molecule has 0 spiro atoms. The Morgan fingerprint density at radius 1 is 0.892 bits per heavy atom. The molecule has 0 aliphatic carbocycles. The van der Waals surface area contributed by atoms with E-state index in [-0.39, 0.29) is 12.7 Å². The fraction of sp³-hybridized carbons (Fsp3) is 1.00. The molecule has 8 nitrogen and oxygen atoms in total. The Morgan fingerprint density at radius 3 is 1.92 bits per heavy atom. The van der Waals surface area contributed by atoms with Crippen molar-refractivity contribution in [3.63, 3.8) is 0 Å². The third-order valence-electron chi connectivity index (χ3n) is 7.95. The van der Waals surface area contributed by atoms with E-state index in [1.807, 2.05) is 20.9 Å². The van der Waals surface area contributed by atoms with Crippen LogP contribution in [0.25, 0.3) is 0 Å². The van der Waals surface area contributed by atoms with Crippen LogP contribution in [-0.2, 0) is 23.6 Å². The summed E-state index contributed by atoms with van der Waals surface area (Å²) in [5.41, 5.74) is -1.33. The molecule has 2 fully saturated rings. The van der Waals surface area contributed by atoms with E-state index in [9.17, 15) is 14.7 Å². The molecule has 0 aromatic rings. The molecule has 0 saturated carbocycles. The monoisotopic (exact) mass is 547 g/mol. The highest BCUT2D eigenvalue weighted by Crippen LogP contribution is 2.46. The Kier molecular flexibility index (Phi) is 15.2. The lowest BCUT2D eigenvalue weighted by Gasteiger charge is -2.35. The minimum atomic E-state index is -4.06. The standard InChI is InChI=1S/C28H56N2O6P/c1-5-6-7-8-9-10-11-12-13-14-15-20-28(30(31)27(2,3)25-34-28)21-16-17-24-35-37(32,33)36-26-18-22-29(4)23-19-26/h26H,5-25H2,1-4H3,(H,32,33). The summed E-state index contributed by atoms with van der Waals surface area (Å²) in [5, 5.41) is 14.4. The smallest absolute Gasteiger partial charge is 0.356 e. The first-order valence-corrected chi connectivity index (χ1v) is 16.6. The summed E-state index contributed by atoms with van der Waals surface area (Å²) >= 11 is 0. The Morgan fingerprint density at radius 2 is 1.41 bits per heavy atom. The van der Waals surface area contributed by atoms with E-state index in [1.54, 1.807) is 0 Å². The van der Waals surface area contributed by atoms with Gasteiger partial charge in [-0.05, 0) is 65.8 Å². The fourth-order valence-electron chi connectivity index (χ4n) is 5.51. The SMILES string of the molecule is CCCCCCCCCCCCCC1(CCCCOP(=O)(O)OC2CCN(C)CC2)OCC(C)(C)N1[O]. The molecule has 2 atom stereocenters. The number of phosphoric acid groups is 1. The second-order valence-electron chi connectivity index (χ2n) is 12.0. The van der Waals surface area contributed by atoms with E-state index in [4.69, 9.17) is 13.8 Å². The van der Waals surface area contributed by atoms with E-state index in [0.29, 0.717) is 25.9 Å². The molecule has 0 bridgehead atoms. The average molecular weight is 548 g/mol. The topological polar surface area (TPSA) is 91.4 Å². The van der Waals surface area contributed by atoms with Crippen LogP contribution in [0.1, 0.15) is 130 Å². The number of phosphoric ester groups is 1. The second kappa shape index (κ2) is 16.9. The first kappa shape index (κ1) is 33.2. The van der Waals surface area contributed by atoms with E-state index < -0.39 is 19.1 Å². The number of likely N-dealkylation sites (tertiary alicyclic amines) is 1. The number of piperidine rings is 1. The minimum Gasteiger partial charge on any atom is -0.356 e. The van der Waals surface area contributed by atoms with E-state index in [1.165, 1.54) is 62.9 Å². The predicted molar refractivity (Wildman–Crippen MR) is 148 cm³/mol. The Balaban J connectivity index is 1.65. The Labute approximate surface area is 227 Å². The van der Waals surface area contributed by atoms with Gasteiger partial charge in [0.25, 0.3) is 0 Å². The maximum Gasteiger partial charge on any atom is 0.472 e. The van der Waals surface area contributed by atoms with Crippen molar-refractivity contribution in [3.05, 3.63) is 0 Å². The van der Waals surface area contributed by atoms with E-state index in [0.717, 1.165) is 45.2 Å². The summed E-state index contributed by atoms with van der Waals surface area (Å²) in [7, 11) is -2.02. The fourth-order valence-corrected chi connectivity index (χ4v) is 6.52. The van der Waals surface area contributed by atoms with Crippen molar-refractivity contribution in [1.82, 2.24) is 9.96 Å². The molecular formula is C28H56N2O6P. The zero-order valence-electron chi connectivity index (χ0n) is 24.3. The van der Waals surface area contributed by atoms with Gasteiger partial charge in [-0.3, -0.25) is 9.05 Å². The lowest BCUT2D eigenvalue weighted by atomic mass is 9.95. The molecule has 0 amide bonds. The molecule has 2 aliphatic rings. The van der Waals surface area contributed by atoms with Crippen LogP contribution in [0.15, 0.2) is 0 Å².